The smallest absolute Gasteiger partial charge is 0.420 e. The number of para-hydroxylation sites is 1. The van der Waals surface area contributed by atoms with Gasteiger partial charge in [0.25, 0.3) is 0 Å². The first-order valence-electron chi connectivity index (χ1n) is 4.93. The quantitative estimate of drug-likeness (QED) is 0.796. The molecule has 0 N–H and O–H groups in total. The van der Waals surface area contributed by atoms with Gasteiger partial charge in [-0.15, -0.1) is 0 Å². The van der Waals surface area contributed by atoms with Crippen molar-refractivity contribution in [1.82, 2.24) is 0 Å². The molecule has 0 radical (unpaired) electrons. The van der Waals surface area contributed by atoms with Crippen LogP contribution in [0.2, 0.25) is 0 Å². The highest BCUT2D eigenvalue weighted by molar-refractivity contribution is 5.48. The van der Waals surface area contributed by atoms with Gasteiger partial charge in [-0.2, -0.15) is 13.2 Å². The molecule has 0 unspecified atom stereocenters. The minimum absolute atomic E-state index is 0.0392. The van der Waals surface area contributed by atoms with Gasteiger partial charge in [-0.3, -0.25) is 0 Å². The number of alkyl halides is 3. The molecular weight excluding hydrogens is 221 g/mol. The molecule has 1 aromatic rings. The molecule has 0 saturated heterocycles. The number of methoxy groups -OCH3 is 1. The summed E-state index contributed by atoms with van der Waals surface area (Å²) in [7, 11) is 1.21. The summed E-state index contributed by atoms with van der Waals surface area (Å²) in [4.78, 5) is 0. The standard InChI is InChI=1S/C11H11F3O2/c1-15-10-8(11(12,13)14)3-2-4-9(10)16-7-5-6-7/h2-4,7H,5-6H2,1H3. The van der Waals surface area contributed by atoms with Crippen LogP contribution in [0.3, 0.4) is 0 Å². The molecule has 0 atom stereocenters. The van der Waals surface area contributed by atoms with Crippen molar-refractivity contribution >= 4 is 0 Å². The zero-order chi connectivity index (χ0) is 11.8. The van der Waals surface area contributed by atoms with Crippen molar-refractivity contribution in [3.8, 4) is 11.5 Å². The highest BCUT2D eigenvalue weighted by Crippen LogP contribution is 2.42. The Kier molecular flexibility index (Phi) is 2.69. The van der Waals surface area contributed by atoms with Crippen molar-refractivity contribution in [2.75, 3.05) is 7.11 Å². The van der Waals surface area contributed by atoms with Gasteiger partial charge in [-0.25, -0.2) is 0 Å². The maximum absolute atomic E-state index is 12.6. The number of ether oxygens (including phenoxy) is 2. The largest absolute Gasteiger partial charge is 0.492 e. The van der Waals surface area contributed by atoms with Crippen LogP contribution in [-0.4, -0.2) is 13.2 Å². The summed E-state index contributed by atoms with van der Waals surface area (Å²) in [5.74, 6) is -0.0678. The Labute approximate surface area is 91.0 Å². The fraction of sp³-hybridized carbons (Fsp3) is 0.455. The van der Waals surface area contributed by atoms with Gasteiger partial charge in [0.05, 0.1) is 13.2 Å². The molecule has 5 heteroatoms. The molecule has 16 heavy (non-hydrogen) atoms. The monoisotopic (exact) mass is 232 g/mol. The lowest BCUT2D eigenvalue weighted by Crippen LogP contribution is -2.09. The van der Waals surface area contributed by atoms with Gasteiger partial charge < -0.3 is 9.47 Å². The fourth-order valence-electron chi connectivity index (χ4n) is 1.41. The summed E-state index contributed by atoms with van der Waals surface area (Å²) in [5, 5.41) is 0. The van der Waals surface area contributed by atoms with E-state index in [0.717, 1.165) is 18.9 Å². The topological polar surface area (TPSA) is 18.5 Å². The van der Waals surface area contributed by atoms with Crippen molar-refractivity contribution in [3.63, 3.8) is 0 Å². The molecule has 1 aliphatic carbocycles. The average Bonchev–Trinajstić information content (AvgIpc) is 3.00. The van der Waals surface area contributed by atoms with Crippen LogP contribution in [-0.2, 0) is 6.18 Å². The van der Waals surface area contributed by atoms with E-state index in [2.05, 4.69) is 0 Å². The number of halogens is 3. The second-order valence-corrected chi connectivity index (χ2v) is 3.65. The third-order valence-electron chi connectivity index (χ3n) is 2.31. The Hall–Kier alpha value is -1.39. The summed E-state index contributed by atoms with van der Waals surface area (Å²) >= 11 is 0. The van der Waals surface area contributed by atoms with Crippen molar-refractivity contribution in [3.05, 3.63) is 23.8 Å². The lowest BCUT2D eigenvalue weighted by atomic mass is 10.2. The van der Waals surface area contributed by atoms with E-state index in [4.69, 9.17) is 9.47 Å². The second-order valence-electron chi connectivity index (χ2n) is 3.65. The average molecular weight is 232 g/mol. The summed E-state index contributed by atoms with van der Waals surface area (Å²) in [6.45, 7) is 0. The van der Waals surface area contributed by atoms with Crippen LogP contribution >= 0.6 is 0 Å². The zero-order valence-corrected chi connectivity index (χ0v) is 8.67. The maximum atomic E-state index is 12.6. The van der Waals surface area contributed by atoms with Crippen molar-refractivity contribution in [2.45, 2.75) is 25.1 Å². The molecule has 2 rings (SSSR count). The number of hydrogen-bond acceptors (Lipinski definition) is 2. The Morgan fingerprint density at radius 3 is 2.44 bits per heavy atom. The summed E-state index contributed by atoms with van der Waals surface area (Å²) in [5.41, 5.74) is -0.798. The van der Waals surface area contributed by atoms with E-state index in [1.807, 2.05) is 0 Å². The van der Waals surface area contributed by atoms with Crippen LogP contribution in [0, 0.1) is 0 Å². The van der Waals surface area contributed by atoms with Gasteiger partial charge in [0, 0.05) is 0 Å². The Morgan fingerprint density at radius 2 is 1.94 bits per heavy atom. The molecule has 0 spiro atoms. The molecule has 88 valence electrons. The maximum Gasteiger partial charge on any atom is 0.420 e. The SMILES string of the molecule is COc1c(OC2CC2)cccc1C(F)(F)F. The van der Waals surface area contributed by atoms with E-state index in [1.165, 1.54) is 19.2 Å². The normalized spacial score (nSPS) is 16.0. The number of rotatable bonds is 3. The van der Waals surface area contributed by atoms with Gasteiger partial charge in [-0.05, 0) is 25.0 Å². The van der Waals surface area contributed by atoms with Crippen LogP contribution in [0.4, 0.5) is 13.2 Å². The molecule has 1 saturated carbocycles. The van der Waals surface area contributed by atoms with Crippen LogP contribution in [0.1, 0.15) is 18.4 Å². The van der Waals surface area contributed by atoms with Crippen LogP contribution in [0.5, 0.6) is 11.5 Å². The van der Waals surface area contributed by atoms with Crippen molar-refractivity contribution in [1.29, 1.82) is 0 Å². The van der Waals surface area contributed by atoms with Crippen molar-refractivity contribution in [2.24, 2.45) is 0 Å². The lowest BCUT2D eigenvalue weighted by molar-refractivity contribution is -0.138. The first-order valence-corrected chi connectivity index (χ1v) is 4.93. The Morgan fingerprint density at radius 1 is 1.25 bits per heavy atom. The predicted octanol–water partition coefficient (Wildman–Crippen LogP) is 3.26. The van der Waals surface area contributed by atoms with Gasteiger partial charge in [0.15, 0.2) is 11.5 Å². The van der Waals surface area contributed by atoms with Gasteiger partial charge >= 0.3 is 6.18 Å². The molecule has 0 aliphatic heterocycles. The van der Waals surface area contributed by atoms with E-state index in [9.17, 15) is 13.2 Å². The molecule has 2 nitrogen and oxygen atoms in total. The highest BCUT2D eigenvalue weighted by Gasteiger charge is 2.36. The van der Waals surface area contributed by atoms with E-state index in [1.54, 1.807) is 0 Å². The van der Waals surface area contributed by atoms with Crippen molar-refractivity contribution < 1.29 is 22.6 Å². The van der Waals surface area contributed by atoms with E-state index in [-0.39, 0.29) is 17.6 Å². The highest BCUT2D eigenvalue weighted by atomic mass is 19.4. The molecule has 1 aromatic carbocycles. The Balaban J connectivity index is 2.37. The third-order valence-corrected chi connectivity index (χ3v) is 2.31. The third kappa shape index (κ3) is 2.23. The minimum atomic E-state index is -4.42. The first kappa shape index (κ1) is 11.1. The summed E-state index contributed by atoms with van der Waals surface area (Å²) in [6, 6.07) is 3.80. The molecule has 0 aromatic heterocycles. The van der Waals surface area contributed by atoms with E-state index in [0.29, 0.717) is 0 Å². The van der Waals surface area contributed by atoms with Crippen LogP contribution < -0.4 is 9.47 Å². The Bertz CT molecular complexity index is 383. The lowest BCUT2D eigenvalue weighted by Gasteiger charge is -2.15. The van der Waals surface area contributed by atoms with Crippen LogP contribution in [0.15, 0.2) is 18.2 Å². The van der Waals surface area contributed by atoms with Gasteiger partial charge in [0.1, 0.15) is 5.56 Å². The number of hydrogen-bond donors (Lipinski definition) is 0. The predicted molar refractivity (Wildman–Crippen MR) is 51.6 cm³/mol. The molecule has 1 aliphatic rings. The molecule has 0 heterocycles. The van der Waals surface area contributed by atoms with E-state index < -0.39 is 11.7 Å². The minimum Gasteiger partial charge on any atom is -0.492 e. The van der Waals surface area contributed by atoms with E-state index >= 15 is 0 Å². The molecular formula is C11H11F3O2. The van der Waals surface area contributed by atoms with Gasteiger partial charge in [0.2, 0.25) is 0 Å². The zero-order valence-electron chi connectivity index (χ0n) is 8.67. The molecule has 0 bridgehead atoms. The summed E-state index contributed by atoms with van der Waals surface area (Å²) < 4.78 is 48.0. The van der Waals surface area contributed by atoms with Gasteiger partial charge in [-0.1, -0.05) is 6.07 Å². The molecule has 1 fully saturated rings. The summed E-state index contributed by atoms with van der Waals surface area (Å²) in [6.07, 6.45) is -2.61. The first-order chi connectivity index (χ1) is 7.52. The number of benzene rings is 1. The van der Waals surface area contributed by atoms with Crippen LogP contribution in [0.25, 0.3) is 0 Å². The second kappa shape index (κ2) is 3.88. The fourth-order valence-corrected chi connectivity index (χ4v) is 1.41. The molecule has 0 amide bonds.